The molecule has 31 heavy (non-hydrogen) atoms. The van der Waals surface area contributed by atoms with E-state index in [0.29, 0.717) is 18.5 Å². The van der Waals surface area contributed by atoms with Gasteiger partial charge in [0.05, 0.1) is 24.1 Å². The second-order valence-electron chi connectivity index (χ2n) is 7.94. The number of esters is 1. The Morgan fingerprint density at radius 2 is 1.74 bits per heavy atom. The van der Waals surface area contributed by atoms with Crippen LogP contribution in [0.15, 0.2) is 54.6 Å². The number of halogens is 1. The number of hydrogen-bond donors (Lipinski definition) is 1. The molecule has 0 radical (unpaired) electrons. The van der Waals surface area contributed by atoms with E-state index in [1.54, 1.807) is 55.5 Å². The molecule has 0 bridgehead atoms. The molecule has 1 N–H and O–H groups in total. The predicted octanol–water partition coefficient (Wildman–Crippen LogP) is 3.38. The van der Waals surface area contributed by atoms with Crippen LogP contribution in [-0.2, 0) is 19.1 Å². The van der Waals surface area contributed by atoms with E-state index in [1.807, 2.05) is 6.92 Å². The van der Waals surface area contributed by atoms with Gasteiger partial charge in [-0.3, -0.25) is 19.7 Å². The van der Waals surface area contributed by atoms with E-state index < -0.39 is 47.0 Å². The number of carbonyl (C=O) groups excluding carboxylic acids is 3. The van der Waals surface area contributed by atoms with Crippen LogP contribution in [0.2, 0.25) is 0 Å². The van der Waals surface area contributed by atoms with Gasteiger partial charge in [0.1, 0.15) is 11.4 Å². The van der Waals surface area contributed by atoms with E-state index in [2.05, 4.69) is 5.32 Å². The minimum Gasteiger partial charge on any atom is -0.465 e. The third kappa shape index (κ3) is 3.24. The standard InChI is InChI=1S/C24H25FN2O4/c1-3-14-24(23(30)31-4-2)19-18(20(26-24)16-12-8-9-13-17(16)25)21(28)27(22(19)29)15-10-6-5-7-11-15/h5-13,18-20,26H,3-4,14H2,1-2H3/t18-,19+,20+,24-/m0/s1. The van der Waals surface area contributed by atoms with Crippen molar-refractivity contribution in [3.63, 3.8) is 0 Å². The van der Waals surface area contributed by atoms with Crippen molar-refractivity contribution in [1.29, 1.82) is 0 Å². The zero-order valence-corrected chi connectivity index (χ0v) is 17.5. The van der Waals surface area contributed by atoms with Crippen molar-refractivity contribution in [3.8, 4) is 0 Å². The van der Waals surface area contributed by atoms with Gasteiger partial charge in [0.15, 0.2) is 0 Å². The number of amides is 2. The fraction of sp³-hybridized carbons (Fsp3) is 0.375. The first-order chi connectivity index (χ1) is 15.0. The van der Waals surface area contributed by atoms with Crippen molar-refractivity contribution in [3.05, 3.63) is 66.0 Å². The lowest BCUT2D eigenvalue weighted by Gasteiger charge is -2.32. The van der Waals surface area contributed by atoms with Crippen molar-refractivity contribution < 1.29 is 23.5 Å². The highest BCUT2D eigenvalue weighted by Gasteiger charge is 2.68. The minimum absolute atomic E-state index is 0.137. The van der Waals surface area contributed by atoms with E-state index >= 15 is 0 Å². The summed E-state index contributed by atoms with van der Waals surface area (Å²) < 4.78 is 20.1. The molecule has 2 heterocycles. The predicted molar refractivity (Wildman–Crippen MR) is 112 cm³/mol. The third-order valence-electron chi connectivity index (χ3n) is 6.19. The van der Waals surface area contributed by atoms with Crippen molar-refractivity contribution >= 4 is 23.5 Å². The van der Waals surface area contributed by atoms with Gasteiger partial charge < -0.3 is 4.74 Å². The first kappa shape index (κ1) is 21.2. The Balaban J connectivity index is 1.88. The normalized spacial score (nSPS) is 27.5. The van der Waals surface area contributed by atoms with Crippen LogP contribution >= 0.6 is 0 Å². The maximum Gasteiger partial charge on any atom is 0.327 e. The molecule has 7 heteroatoms. The molecule has 2 aliphatic heterocycles. The number of hydrogen-bond acceptors (Lipinski definition) is 5. The van der Waals surface area contributed by atoms with Crippen molar-refractivity contribution in [2.75, 3.05) is 11.5 Å². The lowest BCUT2D eigenvalue weighted by atomic mass is 9.77. The zero-order chi connectivity index (χ0) is 22.2. The number of benzene rings is 2. The molecule has 0 aliphatic carbocycles. The molecule has 0 unspecified atom stereocenters. The van der Waals surface area contributed by atoms with Gasteiger partial charge in [-0.05, 0) is 31.5 Å². The van der Waals surface area contributed by atoms with E-state index in [0.717, 1.165) is 4.90 Å². The van der Waals surface area contributed by atoms with Gasteiger partial charge in [-0.25, -0.2) is 9.29 Å². The monoisotopic (exact) mass is 424 g/mol. The number of ether oxygens (including phenoxy) is 1. The number of carbonyl (C=O) groups is 3. The van der Waals surface area contributed by atoms with E-state index in [1.165, 1.54) is 6.07 Å². The molecule has 2 aromatic rings. The zero-order valence-electron chi connectivity index (χ0n) is 17.5. The van der Waals surface area contributed by atoms with Crippen molar-refractivity contribution in [2.45, 2.75) is 38.3 Å². The number of anilines is 1. The molecule has 0 saturated carbocycles. The lowest BCUT2D eigenvalue weighted by molar-refractivity contribution is -0.155. The van der Waals surface area contributed by atoms with E-state index in [9.17, 15) is 18.8 Å². The Morgan fingerprint density at radius 3 is 2.39 bits per heavy atom. The molecular weight excluding hydrogens is 399 g/mol. The molecular formula is C24H25FN2O4. The number of fused-ring (bicyclic) bond motifs is 1. The summed E-state index contributed by atoms with van der Waals surface area (Å²) >= 11 is 0. The Morgan fingerprint density at radius 1 is 1.06 bits per heavy atom. The Labute approximate surface area is 180 Å². The lowest BCUT2D eigenvalue weighted by Crippen LogP contribution is -2.56. The Kier molecular flexibility index (Phi) is 5.62. The van der Waals surface area contributed by atoms with Gasteiger partial charge in [-0.2, -0.15) is 0 Å². The number of nitrogens with zero attached hydrogens (tertiary/aromatic N) is 1. The van der Waals surface area contributed by atoms with Gasteiger partial charge in [0.2, 0.25) is 11.8 Å². The summed E-state index contributed by atoms with van der Waals surface area (Å²) in [7, 11) is 0. The molecule has 0 aromatic heterocycles. The molecule has 2 aliphatic rings. The number of nitrogens with one attached hydrogen (secondary N) is 1. The summed E-state index contributed by atoms with van der Waals surface area (Å²) in [6, 6.07) is 13.9. The summed E-state index contributed by atoms with van der Waals surface area (Å²) in [6.45, 7) is 3.72. The summed E-state index contributed by atoms with van der Waals surface area (Å²) in [6.07, 6.45) is 0.867. The van der Waals surface area contributed by atoms with Crippen LogP contribution in [0, 0.1) is 17.7 Å². The van der Waals surface area contributed by atoms with Crippen molar-refractivity contribution in [1.82, 2.24) is 5.32 Å². The molecule has 2 saturated heterocycles. The molecule has 162 valence electrons. The fourth-order valence-electron chi connectivity index (χ4n) is 5.00. The smallest absolute Gasteiger partial charge is 0.327 e. The van der Waals surface area contributed by atoms with Crippen LogP contribution in [0.3, 0.4) is 0 Å². The highest BCUT2D eigenvalue weighted by Crippen LogP contribution is 2.51. The summed E-state index contributed by atoms with van der Waals surface area (Å²) in [5.74, 6) is -3.88. The Bertz CT molecular complexity index is 1010. The number of rotatable bonds is 6. The highest BCUT2D eigenvalue weighted by atomic mass is 19.1. The van der Waals surface area contributed by atoms with Crippen LogP contribution in [0.25, 0.3) is 0 Å². The van der Waals surface area contributed by atoms with Gasteiger partial charge in [-0.15, -0.1) is 0 Å². The summed E-state index contributed by atoms with van der Waals surface area (Å²) in [5.41, 5.74) is -0.706. The minimum atomic E-state index is -1.40. The Hall–Kier alpha value is -3.06. The second kappa shape index (κ2) is 8.23. The fourth-order valence-corrected chi connectivity index (χ4v) is 5.00. The van der Waals surface area contributed by atoms with Crippen LogP contribution in [-0.4, -0.2) is 29.9 Å². The maximum atomic E-state index is 14.8. The first-order valence-corrected chi connectivity index (χ1v) is 10.6. The van der Waals surface area contributed by atoms with Gasteiger partial charge >= 0.3 is 5.97 Å². The second-order valence-corrected chi connectivity index (χ2v) is 7.94. The van der Waals surface area contributed by atoms with Gasteiger partial charge in [0.25, 0.3) is 0 Å². The number of imide groups is 1. The molecule has 2 amide bonds. The number of para-hydroxylation sites is 1. The van der Waals surface area contributed by atoms with Gasteiger partial charge in [0, 0.05) is 11.6 Å². The average Bonchev–Trinajstić information content (AvgIpc) is 3.24. The van der Waals surface area contributed by atoms with Crippen molar-refractivity contribution in [2.24, 2.45) is 11.8 Å². The van der Waals surface area contributed by atoms with E-state index in [4.69, 9.17) is 4.74 Å². The first-order valence-electron chi connectivity index (χ1n) is 10.6. The quantitative estimate of drug-likeness (QED) is 0.568. The van der Waals surface area contributed by atoms with Crippen LogP contribution in [0.5, 0.6) is 0 Å². The molecule has 0 spiro atoms. The van der Waals surface area contributed by atoms with E-state index in [-0.39, 0.29) is 12.2 Å². The topological polar surface area (TPSA) is 75.7 Å². The highest BCUT2D eigenvalue weighted by molar-refractivity contribution is 6.24. The van der Waals surface area contributed by atoms with Crippen LogP contribution < -0.4 is 10.2 Å². The SMILES string of the molecule is CCC[C@]1(C(=O)OCC)N[C@H](c2ccccc2F)[C@H]2C(=O)N(c3ccccc3)C(=O)[C@@H]21. The largest absolute Gasteiger partial charge is 0.465 e. The molecule has 4 rings (SSSR count). The molecule has 6 nitrogen and oxygen atoms in total. The van der Waals surface area contributed by atoms with Crippen LogP contribution in [0.1, 0.15) is 38.3 Å². The molecule has 2 fully saturated rings. The maximum absolute atomic E-state index is 14.8. The summed E-state index contributed by atoms with van der Waals surface area (Å²) in [4.78, 5) is 41.5. The summed E-state index contributed by atoms with van der Waals surface area (Å²) in [5, 5.41) is 3.20. The molecule has 4 atom stereocenters. The van der Waals surface area contributed by atoms with Crippen LogP contribution in [0.4, 0.5) is 10.1 Å². The third-order valence-corrected chi connectivity index (χ3v) is 6.19. The molecule has 2 aromatic carbocycles. The average molecular weight is 424 g/mol. The van der Waals surface area contributed by atoms with Gasteiger partial charge in [-0.1, -0.05) is 49.7 Å².